The number of aliphatic imine (C=N–C) groups is 1. The van der Waals surface area contributed by atoms with E-state index in [1.807, 2.05) is 20.8 Å². The fraction of sp³-hybridized carbons (Fsp3) is 0.600. The summed E-state index contributed by atoms with van der Waals surface area (Å²) in [7, 11) is 0. The molecule has 1 aromatic heterocycles. The molecule has 1 saturated heterocycles. The van der Waals surface area contributed by atoms with Gasteiger partial charge in [-0.2, -0.15) is 0 Å². The largest absolute Gasteiger partial charge is 0.357 e. The van der Waals surface area contributed by atoms with Crippen LogP contribution in [-0.2, 0) is 16.1 Å². The van der Waals surface area contributed by atoms with E-state index in [-0.39, 0.29) is 59.5 Å². The number of imide groups is 1. The number of hydrogen-bond acceptors (Lipinski definition) is 5. The van der Waals surface area contributed by atoms with Gasteiger partial charge in [-0.15, -0.1) is 35.3 Å². The first kappa shape index (κ1) is 22.2. The van der Waals surface area contributed by atoms with Crippen molar-refractivity contribution in [2.45, 2.75) is 33.7 Å². The van der Waals surface area contributed by atoms with Crippen LogP contribution in [0.5, 0.6) is 0 Å². The second kappa shape index (κ2) is 9.11. The van der Waals surface area contributed by atoms with Gasteiger partial charge < -0.3 is 10.6 Å². The van der Waals surface area contributed by atoms with Gasteiger partial charge in [0.15, 0.2) is 5.96 Å². The summed E-state index contributed by atoms with van der Waals surface area (Å²) in [6.45, 7) is 8.19. The Hall–Kier alpha value is -1.49. The fourth-order valence-corrected chi connectivity index (χ4v) is 5.54. The maximum Gasteiger partial charge on any atom is 0.233 e. The molecule has 4 atom stereocenters. The Balaban J connectivity index is 0.00000240. The van der Waals surface area contributed by atoms with Gasteiger partial charge in [0.1, 0.15) is 0 Å². The molecule has 9 heteroatoms. The van der Waals surface area contributed by atoms with E-state index in [0.29, 0.717) is 25.6 Å². The van der Waals surface area contributed by atoms with E-state index in [1.165, 1.54) is 4.90 Å². The molecular formula is C20H28IN5O2S. The predicted octanol–water partition coefficient (Wildman–Crippen LogP) is 2.24. The van der Waals surface area contributed by atoms with E-state index in [2.05, 4.69) is 32.8 Å². The molecule has 158 valence electrons. The highest BCUT2D eigenvalue weighted by Gasteiger charge is 2.58. The molecule has 2 N–H and O–H groups in total. The standard InChI is InChI=1S/C20H27N5O2S.HI/c1-4-21-20(23-10-15-11(2)24-12(3)28-15)22-7-8-25-18(26)16-13-5-6-14(9-13)17(16)19(25)27;/h5-6,13-14,16-17H,4,7-10H2,1-3H3,(H2,21,22,23);1H. The SMILES string of the molecule is CCNC(=NCc1sc(C)nc1C)NCCN1C(=O)C2C3C=CC(C3)C2C1=O.I. The minimum atomic E-state index is -0.123. The van der Waals surface area contributed by atoms with Crippen molar-refractivity contribution in [2.24, 2.45) is 28.7 Å². The summed E-state index contributed by atoms with van der Waals surface area (Å²) in [4.78, 5) is 37.1. The average molecular weight is 529 g/mol. The Morgan fingerprint density at radius 1 is 1.21 bits per heavy atom. The van der Waals surface area contributed by atoms with Gasteiger partial charge in [0.2, 0.25) is 11.8 Å². The van der Waals surface area contributed by atoms with E-state index >= 15 is 0 Å². The van der Waals surface area contributed by atoms with Crippen LogP contribution in [0.2, 0.25) is 0 Å². The molecule has 2 fully saturated rings. The molecule has 0 spiro atoms. The third-order valence-electron chi connectivity index (χ3n) is 5.91. The number of guanidine groups is 1. The number of nitrogens with one attached hydrogen (secondary N) is 2. The highest BCUT2D eigenvalue weighted by atomic mass is 127. The van der Waals surface area contributed by atoms with Crippen LogP contribution < -0.4 is 10.6 Å². The van der Waals surface area contributed by atoms with Crippen LogP contribution >= 0.6 is 35.3 Å². The molecule has 2 aliphatic carbocycles. The van der Waals surface area contributed by atoms with Crippen molar-refractivity contribution in [1.29, 1.82) is 0 Å². The molecule has 4 unspecified atom stereocenters. The van der Waals surface area contributed by atoms with Crippen LogP contribution in [0.15, 0.2) is 17.1 Å². The number of thiazole rings is 1. The monoisotopic (exact) mass is 529 g/mol. The van der Waals surface area contributed by atoms with Gasteiger partial charge in [-0.25, -0.2) is 9.98 Å². The summed E-state index contributed by atoms with van der Waals surface area (Å²) in [6.07, 6.45) is 5.21. The summed E-state index contributed by atoms with van der Waals surface area (Å²) in [5.41, 5.74) is 1.02. The van der Waals surface area contributed by atoms with Gasteiger partial charge in [0, 0.05) is 24.5 Å². The Morgan fingerprint density at radius 2 is 1.86 bits per heavy atom. The minimum Gasteiger partial charge on any atom is -0.357 e. The van der Waals surface area contributed by atoms with Gasteiger partial charge in [-0.3, -0.25) is 14.5 Å². The molecule has 2 amide bonds. The number of halogens is 1. The summed E-state index contributed by atoms with van der Waals surface area (Å²) < 4.78 is 0. The van der Waals surface area contributed by atoms with Gasteiger partial charge >= 0.3 is 0 Å². The Bertz CT molecular complexity index is 822. The molecule has 29 heavy (non-hydrogen) atoms. The van der Waals surface area contributed by atoms with Crippen LogP contribution in [0.4, 0.5) is 0 Å². The quantitative estimate of drug-likeness (QED) is 0.194. The molecule has 2 bridgehead atoms. The molecule has 7 nitrogen and oxygen atoms in total. The lowest BCUT2D eigenvalue weighted by atomic mass is 9.85. The first-order chi connectivity index (χ1) is 13.5. The number of aromatic nitrogens is 1. The molecular weight excluding hydrogens is 501 g/mol. The van der Waals surface area contributed by atoms with Crippen LogP contribution in [0.25, 0.3) is 0 Å². The van der Waals surface area contributed by atoms with Crippen LogP contribution in [0.3, 0.4) is 0 Å². The third-order valence-corrected chi connectivity index (χ3v) is 6.97. The highest BCUT2D eigenvalue weighted by Crippen LogP contribution is 2.52. The summed E-state index contributed by atoms with van der Waals surface area (Å²) >= 11 is 1.66. The average Bonchev–Trinajstić information content (AvgIpc) is 3.40. The minimum absolute atomic E-state index is 0. The van der Waals surface area contributed by atoms with E-state index in [9.17, 15) is 9.59 Å². The normalized spacial score (nSPS) is 27.4. The number of allylic oxidation sites excluding steroid dienone is 2. The lowest BCUT2D eigenvalue weighted by Gasteiger charge is -2.18. The number of fused-ring (bicyclic) bond motifs is 5. The van der Waals surface area contributed by atoms with Crippen LogP contribution in [0.1, 0.15) is 28.9 Å². The number of likely N-dealkylation sites (tertiary alicyclic amines) is 1. The molecule has 1 aliphatic heterocycles. The Labute approximate surface area is 192 Å². The third kappa shape index (κ3) is 4.21. The van der Waals surface area contributed by atoms with Crippen LogP contribution in [0, 0.1) is 37.5 Å². The van der Waals surface area contributed by atoms with Crippen molar-refractivity contribution < 1.29 is 9.59 Å². The highest BCUT2D eigenvalue weighted by molar-refractivity contribution is 14.0. The summed E-state index contributed by atoms with van der Waals surface area (Å²) in [5.74, 6) is 0.972. The van der Waals surface area contributed by atoms with Crippen molar-refractivity contribution in [3.8, 4) is 0 Å². The topological polar surface area (TPSA) is 86.7 Å². The number of amides is 2. The predicted molar refractivity (Wildman–Crippen MR) is 124 cm³/mol. The summed E-state index contributed by atoms with van der Waals surface area (Å²) in [6, 6.07) is 0. The maximum atomic E-state index is 12.7. The number of aryl methyl sites for hydroxylation is 2. The second-order valence-corrected chi connectivity index (χ2v) is 8.98. The first-order valence-corrected chi connectivity index (χ1v) is 10.8. The lowest BCUT2D eigenvalue weighted by molar-refractivity contribution is -0.140. The van der Waals surface area contributed by atoms with Gasteiger partial charge in [-0.1, -0.05) is 12.2 Å². The second-order valence-electron chi connectivity index (χ2n) is 7.69. The molecule has 1 aromatic rings. The zero-order valence-electron chi connectivity index (χ0n) is 17.0. The Kier molecular flexibility index (Phi) is 6.98. The number of hydrogen-bond donors (Lipinski definition) is 2. The van der Waals surface area contributed by atoms with Gasteiger partial charge in [0.05, 0.1) is 29.1 Å². The van der Waals surface area contributed by atoms with E-state index < -0.39 is 0 Å². The number of rotatable bonds is 6. The number of carbonyl (C=O) groups excluding carboxylic acids is 2. The molecule has 3 aliphatic rings. The zero-order chi connectivity index (χ0) is 19.8. The molecule has 1 saturated carbocycles. The zero-order valence-corrected chi connectivity index (χ0v) is 20.1. The lowest BCUT2D eigenvalue weighted by Crippen LogP contribution is -2.43. The van der Waals surface area contributed by atoms with Crippen molar-refractivity contribution in [1.82, 2.24) is 20.5 Å². The molecule has 2 heterocycles. The van der Waals surface area contributed by atoms with E-state index in [0.717, 1.165) is 28.5 Å². The molecule has 0 aromatic carbocycles. The van der Waals surface area contributed by atoms with Crippen LogP contribution in [-0.4, -0.2) is 47.3 Å². The smallest absolute Gasteiger partial charge is 0.233 e. The van der Waals surface area contributed by atoms with Crippen molar-refractivity contribution in [2.75, 3.05) is 19.6 Å². The number of nitrogens with zero attached hydrogens (tertiary/aromatic N) is 3. The van der Waals surface area contributed by atoms with Crippen molar-refractivity contribution >= 4 is 53.1 Å². The first-order valence-electron chi connectivity index (χ1n) is 9.98. The van der Waals surface area contributed by atoms with Gasteiger partial charge in [0.25, 0.3) is 0 Å². The van der Waals surface area contributed by atoms with Crippen molar-refractivity contribution in [3.63, 3.8) is 0 Å². The fourth-order valence-electron chi connectivity index (χ4n) is 4.68. The van der Waals surface area contributed by atoms with Crippen molar-refractivity contribution in [3.05, 3.63) is 27.7 Å². The van der Waals surface area contributed by atoms with Gasteiger partial charge in [-0.05, 0) is 39.0 Å². The Morgan fingerprint density at radius 3 is 2.41 bits per heavy atom. The summed E-state index contributed by atoms with van der Waals surface area (Å²) in [5, 5.41) is 7.51. The van der Waals surface area contributed by atoms with E-state index in [1.54, 1.807) is 11.3 Å². The molecule has 4 rings (SSSR count). The molecule has 0 radical (unpaired) electrons. The maximum absolute atomic E-state index is 12.7. The number of carbonyl (C=O) groups is 2. The van der Waals surface area contributed by atoms with E-state index in [4.69, 9.17) is 0 Å².